The summed E-state index contributed by atoms with van der Waals surface area (Å²) in [6.07, 6.45) is 0.767. The topological polar surface area (TPSA) is 83.5 Å². The van der Waals surface area contributed by atoms with Gasteiger partial charge in [0.1, 0.15) is 5.75 Å². The van der Waals surface area contributed by atoms with E-state index in [-0.39, 0.29) is 0 Å². The summed E-state index contributed by atoms with van der Waals surface area (Å²) >= 11 is 5.45. The molecule has 0 bridgehead atoms. The van der Waals surface area contributed by atoms with Gasteiger partial charge in [0.05, 0.1) is 7.11 Å². The minimum atomic E-state index is 0.422. The van der Waals surface area contributed by atoms with Crippen LogP contribution in [0.3, 0.4) is 0 Å². The molecule has 0 aliphatic carbocycles. The summed E-state index contributed by atoms with van der Waals surface area (Å²) in [6.45, 7) is 4.41. The third kappa shape index (κ3) is 7.35. The van der Waals surface area contributed by atoms with Gasteiger partial charge in [-0.2, -0.15) is 0 Å². The van der Waals surface area contributed by atoms with Gasteiger partial charge in [-0.3, -0.25) is 10.3 Å². The Bertz CT molecular complexity index is 1020. The van der Waals surface area contributed by atoms with Crippen molar-refractivity contribution in [2.45, 2.75) is 20.3 Å². The highest BCUT2D eigenvalue weighted by atomic mass is 32.1. The number of guanidine groups is 1. The van der Waals surface area contributed by atoms with Crippen molar-refractivity contribution in [2.75, 3.05) is 24.3 Å². The van der Waals surface area contributed by atoms with Gasteiger partial charge in [-0.15, -0.1) is 0 Å². The van der Waals surface area contributed by atoms with Gasteiger partial charge in [-0.05, 0) is 68.4 Å². The number of nitrogens with zero attached hydrogens (tertiary/aromatic N) is 3. The second-order valence-corrected chi connectivity index (χ2v) is 7.28. The fourth-order valence-electron chi connectivity index (χ4n) is 2.88. The highest BCUT2D eigenvalue weighted by Crippen LogP contribution is 2.12. The summed E-state index contributed by atoms with van der Waals surface area (Å²) in [7, 11) is 1.66. The molecule has 1 heterocycles. The Morgan fingerprint density at radius 3 is 2.29 bits per heavy atom. The van der Waals surface area contributed by atoms with Crippen molar-refractivity contribution in [2.24, 2.45) is 4.99 Å². The molecule has 31 heavy (non-hydrogen) atoms. The summed E-state index contributed by atoms with van der Waals surface area (Å²) in [4.78, 5) is 13.5. The molecule has 7 nitrogen and oxygen atoms in total. The predicted molar refractivity (Wildman–Crippen MR) is 130 cm³/mol. The number of nitrogens with one attached hydrogen (secondary N) is 3. The maximum absolute atomic E-state index is 5.45. The molecule has 3 rings (SSSR count). The van der Waals surface area contributed by atoms with Crippen molar-refractivity contribution in [3.05, 3.63) is 77.6 Å². The van der Waals surface area contributed by atoms with E-state index in [1.54, 1.807) is 7.11 Å². The van der Waals surface area contributed by atoms with Gasteiger partial charge in [0, 0.05) is 23.6 Å². The van der Waals surface area contributed by atoms with Crippen molar-refractivity contribution < 1.29 is 4.74 Å². The van der Waals surface area contributed by atoms with E-state index in [1.165, 1.54) is 0 Å². The van der Waals surface area contributed by atoms with Crippen LogP contribution in [0.2, 0.25) is 0 Å². The van der Waals surface area contributed by atoms with Crippen molar-refractivity contribution >= 4 is 34.9 Å². The lowest BCUT2D eigenvalue weighted by molar-refractivity contribution is 0.414. The maximum atomic E-state index is 5.45. The van der Waals surface area contributed by atoms with E-state index in [9.17, 15) is 0 Å². The largest absolute Gasteiger partial charge is 0.497 e. The summed E-state index contributed by atoms with van der Waals surface area (Å²) in [5.41, 5.74) is 3.80. The number of anilines is 2. The van der Waals surface area contributed by atoms with Crippen molar-refractivity contribution in [3.63, 3.8) is 0 Å². The SMILES string of the molecule is COc1ccc(CCN=C(NC(=S)Nc2ccccc2)Nc2nc(C)cc(C)n2)cc1. The highest BCUT2D eigenvalue weighted by molar-refractivity contribution is 7.80. The van der Waals surface area contributed by atoms with Crippen LogP contribution in [0.1, 0.15) is 17.0 Å². The van der Waals surface area contributed by atoms with Crippen LogP contribution in [0.15, 0.2) is 65.7 Å². The van der Waals surface area contributed by atoms with E-state index in [4.69, 9.17) is 17.0 Å². The molecule has 8 heteroatoms. The molecule has 160 valence electrons. The van der Waals surface area contributed by atoms with Gasteiger partial charge >= 0.3 is 0 Å². The monoisotopic (exact) mass is 434 g/mol. The summed E-state index contributed by atoms with van der Waals surface area (Å²) in [5.74, 6) is 1.78. The zero-order valence-electron chi connectivity index (χ0n) is 17.8. The molecule has 1 aromatic heterocycles. The number of methoxy groups -OCH3 is 1. The molecule has 0 aliphatic rings. The van der Waals surface area contributed by atoms with Gasteiger partial charge in [-0.25, -0.2) is 9.97 Å². The average molecular weight is 435 g/mol. The van der Waals surface area contributed by atoms with Crippen molar-refractivity contribution in [1.29, 1.82) is 0 Å². The molecule has 0 amide bonds. The molecule has 0 radical (unpaired) electrons. The molecule has 2 aromatic carbocycles. The zero-order chi connectivity index (χ0) is 22.1. The number of benzene rings is 2. The van der Waals surface area contributed by atoms with Gasteiger partial charge in [0.25, 0.3) is 0 Å². The lowest BCUT2D eigenvalue weighted by Gasteiger charge is -2.14. The zero-order valence-corrected chi connectivity index (χ0v) is 18.7. The van der Waals surface area contributed by atoms with Gasteiger partial charge in [0.15, 0.2) is 5.11 Å². The van der Waals surface area contributed by atoms with Crippen LogP contribution >= 0.6 is 12.2 Å². The molecule has 0 spiro atoms. The fourth-order valence-corrected chi connectivity index (χ4v) is 3.09. The Kier molecular flexibility index (Phi) is 7.89. The Balaban J connectivity index is 1.70. The fraction of sp³-hybridized carbons (Fsp3) is 0.217. The van der Waals surface area contributed by atoms with Gasteiger partial charge in [-0.1, -0.05) is 30.3 Å². The third-order valence-electron chi connectivity index (χ3n) is 4.31. The van der Waals surface area contributed by atoms with E-state index >= 15 is 0 Å². The minimum absolute atomic E-state index is 0.422. The molecule has 0 atom stereocenters. The summed E-state index contributed by atoms with van der Waals surface area (Å²) < 4.78 is 5.21. The maximum Gasteiger partial charge on any atom is 0.229 e. The number of ether oxygens (including phenoxy) is 1. The third-order valence-corrected chi connectivity index (χ3v) is 4.51. The molecular formula is C23H26N6OS. The summed E-state index contributed by atoms with van der Waals surface area (Å²) in [6, 6.07) is 19.6. The van der Waals surface area contributed by atoms with E-state index in [2.05, 4.69) is 30.9 Å². The van der Waals surface area contributed by atoms with Crippen LogP contribution in [0, 0.1) is 13.8 Å². The second-order valence-electron chi connectivity index (χ2n) is 6.87. The van der Waals surface area contributed by atoms with Gasteiger partial charge in [0.2, 0.25) is 11.9 Å². The molecule has 0 saturated heterocycles. The predicted octanol–water partition coefficient (Wildman–Crippen LogP) is 4.10. The number of rotatable bonds is 6. The highest BCUT2D eigenvalue weighted by Gasteiger charge is 2.07. The number of hydrogen-bond acceptors (Lipinski definition) is 5. The molecule has 3 N–H and O–H groups in total. The molecule has 0 unspecified atom stereocenters. The van der Waals surface area contributed by atoms with Crippen molar-refractivity contribution in [1.82, 2.24) is 15.3 Å². The Morgan fingerprint density at radius 1 is 0.968 bits per heavy atom. The molecule has 0 aliphatic heterocycles. The second kappa shape index (κ2) is 11.0. The van der Waals surface area contributed by atoms with Crippen LogP contribution in [-0.2, 0) is 6.42 Å². The van der Waals surface area contributed by atoms with E-state index < -0.39 is 0 Å². The number of aliphatic imine (C=N–C) groups is 1. The van der Waals surface area contributed by atoms with Gasteiger partial charge < -0.3 is 15.4 Å². The standard InChI is InChI=1S/C23H26N6OS/c1-16-15-17(2)26-22(25-16)28-21(29-23(31)27-19-7-5-4-6-8-19)24-14-13-18-9-11-20(30-3)12-10-18/h4-12,15H,13-14H2,1-3H3,(H3,24,25,26,27,28,29,31). The van der Waals surface area contributed by atoms with Crippen LogP contribution in [-0.4, -0.2) is 34.7 Å². The first-order chi connectivity index (χ1) is 15.0. The number of aromatic nitrogens is 2. The van der Waals surface area contributed by atoms with Crippen LogP contribution in [0.25, 0.3) is 0 Å². The van der Waals surface area contributed by atoms with Crippen LogP contribution in [0.5, 0.6) is 5.75 Å². The van der Waals surface area contributed by atoms with Crippen molar-refractivity contribution in [3.8, 4) is 5.75 Å². The van der Waals surface area contributed by atoms with E-state index in [0.717, 1.165) is 34.8 Å². The molecule has 0 saturated carbocycles. The average Bonchev–Trinajstić information content (AvgIpc) is 2.74. The molecule has 0 fully saturated rings. The Labute approximate surface area is 188 Å². The summed E-state index contributed by atoms with van der Waals surface area (Å²) in [5, 5.41) is 9.84. The van der Waals surface area contributed by atoms with Crippen LogP contribution in [0.4, 0.5) is 11.6 Å². The first kappa shape index (κ1) is 22.2. The molecular weight excluding hydrogens is 408 g/mol. The number of thiocarbonyl (C=S) groups is 1. The normalized spacial score (nSPS) is 11.0. The Morgan fingerprint density at radius 2 is 1.65 bits per heavy atom. The first-order valence-electron chi connectivity index (χ1n) is 9.91. The smallest absolute Gasteiger partial charge is 0.229 e. The lowest BCUT2D eigenvalue weighted by atomic mass is 10.1. The number of para-hydroxylation sites is 1. The lowest BCUT2D eigenvalue weighted by Crippen LogP contribution is -2.39. The molecule has 3 aromatic rings. The number of hydrogen-bond donors (Lipinski definition) is 3. The quantitative estimate of drug-likeness (QED) is 0.306. The van der Waals surface area contributed by atoms with E-state index in [1.807, 2.05) is 74.5 Å². The minimum Gasteiger partial charge on any atom is -0.497 e. The first-order valence-corrected chi connectivity index (χ1v) is 10.3. The van der Waals surface area contributed by atoms with E-state index in [0.29, 0.717) is 23.6 Å². The number of aryl methyl sites for hydroxylation is 2. The van der Waals surface area contributed by atoms with Crippen LogP contribution < -0.4 is 20.7 Å². The Hall–Kier alpha value is -3.52.